The third-order valence-corrected chi connectivity index (χ3v) is 5.21. The van der Waals surface area contributed by atoms with Gasteiger partial charge in [-0.2, -0.15) is 0 Å². The molecule has 1 aliphatic carbocycles. The monoisotopic (exact) mass is 371 g/mol. The van der Waals surface area contributed by atoms with Crippen molar-refractivity contribution < 1.29 is 9.18 Å². The molecule has 1 N–H and O–H groups in total. The second kappa shape index (κ2) is 6.68. The fraction of sp³-hybridized carbons (Fsp3) is 0.174. The molecule has 138 valence electrons. The Kier molecular flexibility index (Phi) is 4.01. The van der Waals surface area contributed by atoms with Gasteiger partial charge in [0.25, 0.3) is 5.91 Å². The van der Waals surface area contributed by atoms with Gasteiger partial charge in [0.05, 0.1) is 16.6 Å². The van der Waals surface area contributed by atoms with Crippen molar-refractivity contribution in [2.24, 2.45) is 0 Å². The molecule has 1 aliphatic rings. The fourth-order valence-electron chi connectivity index (χ4n) is 3.57. The Morgan fingerprint density at radius 2 is 1.89 bits per heavy atom. The van der Waals surface area contributed by atoms with E-state index in [2.05, 4.69) is 15.3 Å². The molecule has 1 amide bonds. The fourth-order valence-corrected chi connectivity index (χ4v) is 3.57. The maximum absolute atomic E-state index is 13.8. The molecule has 0 atom stereocenters. The Morgan fingerprint density at radius 1 is 1.04 bits per heavy atom. The number of carbonyl (C=O) groups excluding carboxylic acids is 1. The molecule has 0 radical (unpaired) electrons. The molecule has 2 aromatic heterocycles. The van der Waals surface area contributed by atoms with Crippen LogP contribution in [0, 0.1) is 5.82 Å². The number of nitrogens with zero attached hydrogens (tertiary/aromatic N) is 2. The molecule has 2 aromatic carbocycles. The van der Waals surface area contributed by atoms with Crippen LogP contribution < -0.4 is 5.32 Å². The Bertz CT molecular complexity index is 1210. The summed E-state index contributed by atoms with van der Waals surface area (Å²) in [4.78, 5) is 22.0. The van der Waals surface area contributed by atoms with Crippen LogP contribution >= 0.6 is 0 Å². The number of benzene rings is 2. The van der Waals surface area contributed by atoms with Crippen LogP contribution in [-0.4, -0.2) is 15.9 Å². The summed E-state index contributed by atoms with van der Waals surface area (Å²) < 4.78 is 13.8. The van der Waals surface area contributed by atoms with Crippen molar-refractivity contribution >= 4 is 27.7 Å². The van der Waals surface area contributed by atoms with E-state index < -0.39 is 0 Å². The topological polar surface area (TPSA) is 54.9 Å². The normalized spacial score (nSPS) is 13.8. The maximum Gasteiger partial charge on any atom is 0.252 e. The lowest BCUT2D eigenvalue weighted by Gasteiger charge is -2.11. The average Bonchev–Trinajstić information content (AvgIpc) is 3.56. The first kappa shape index (κ1) is 16.8. The average molecular weight is 371 g/mol. The molecule has 1 saturated carbocycles. The van der Waals surface area contributed by atoms with Gasteiger partial charge < -0.3 is 5.32 Å². The number of fused-ring (bicyclic) bond motifs is 2. The number of rotatable bonds is 4. The minimum atomic E-state index is -0.373. The lowest BCUT2D eigenvalue weighted by atomic mass is 10.0. The first-order valence-electron chi connectivity index (χ1n) is 9.40. The molecule has 28 heavy (non-hydrogen) atoms. The number of pyridine rings is 2. The van der Waals surface area contributed by atoms with Crippen LogP contribution in [0.25, 0.3) is 21.8 Å². The highest BCUT2D eigenvalue weighted by Crippen LogP contribution is 2.40. The van der Waals surface area contributed by atoms with Crippen molar-refractivity contribution in [3.05, 3.63) is 83.4 Å². The maximum atomic E-state index is 13.8. The molecule has 1 fully saturated rings. The van der Waals surface area contributed by atoms with Gasteiger partial charge in [-0.05, 0) is 54.8 Å². The summed E-state index contributed by atoms with van der Waals surface area (Å²) in [5.41, 5.74) is 3.93. The smallest absolute Gasteiger partial charge is 0.252 e. The van der Waals surface area contributed by atoms with Gasteiger partial charge in [0, 0.05) is 35.1 Å². The number of amides is 1. The van der Waals surface area contributed by atoms with Gasteiger partial charge in [-0.25, -0.2) is 4.39 Å². The first-order chi connectivity index (χ1) is 13.7. The summed E-state index contributed by atoms with van der Waals surface area (Å²) in [6.07, 6.45) is 3.92. The van der Waals surface area contributed by atoms with Crippen LogP contribution in [-0.2, 0) is 6.54 Å². The van der Waals surface area contributed by atoms with Crippen molar-refractivity contribution in [2.45, 2.75) is 25.3 Å². The van der Waals surface area contributed by atoms with Gasteiger partial charge in [-0.15, -0.1) is 0 Å². The van der Waals surface area contributed by atoms with Gasteiger partial charge in [0.1, 0.15) is 5.82 Å². The highest BCUT2D eigenvalue weighted by molar-refractivity contribution is 6.06. The summed E-state index contributed by atoms with van der Waals surface area (Å²) in [6.45, 7) is 0.375. The summed E-state index contributed by atoms with van der Waals surface area (Å²) in [5.74, 6) is -0.186. The van der Waals surface area contributed by atoms with Crippen molar-refractivity contribution in [2.75, 3.05) is 0 Å². The molecule has 5 rings (SSSR count). The number of para-hydroxylation sites is 1. The number of hydrogen-bond donors (Lipinski definition) is 1. The molecule has 4 nitrogen and oxygen atoms in total. The molecule has 0 unspecified atom stereocenters. The van der Waals surface area contributed by atoms with Crippen LogP contribution in [0.2, 0.25) is 0 Å². The van der Waals surface area contributed by atoms with E-state index >= 15 is 0 Å². The molecular formula is C23H18FN3O. The molecule has 5 heteroatoms. The molecule has 0 saturated heterocycles. The van der Waals surface area contributed by atoms with E-state index in [1.165, 1.54) is 12.1 Å². The van der Waals surface area contributed by atoms with E-state index in [9.17, 15) is 9.18 Å². The third kappa shape index (κ3) is 3.09. The molecule has 0 bridgehead atoms. The predicted molar refractivity (Wildman–Crippen MR) is 107 cm³/mol. The number of aromatic nitrogens is 2. The summed E-state index contributed by atoms with van der Waals surface area (Å²) in [5, 5.41) is 4.54. The lowest BCUT2D eigenvalue weighted by Crippen LogP contribution is -2.23. The van der Waals surface area contributed by atoms with Crippen molar-refractivity contribution in [1.29, 1.82) is 0 Å². The Labute approximate surface area is 161 Å². The predicted octanol–water partition coefficient (Wildman–Crippen LogP) is 4.73. The highest BCUT2D eigenvalue weighted by Gasteiger charge is 2.27. The SMILES string of the molecule is O=C(NCc1ccnc2ccccc12)c1cc(C2CC2)nc2ccc(F)cc12. The Hall–Kier alpha value is -3.34. The standard InChI is InChI=1S/C23H18FN3O/c24-16-7-8-21-18(11-16)19(12-22(27-21)14-5-6-14)23(28)26-13-15-9-10-25-20-4-2-1-3-17(15)20/h1-4,7-12,14H,5-6,13H2,(H,26,28). The van der Waals surface area contributed by atoms with E-state index in [4.69, 9.17) is 0 Å². The van der Waals surface area contributed by atoms with E-state index in [0.29, 0.717) is 28.9 Å². The zero-order valence-corrected chi connectivity index (χ0v) is 15.2. The molecule has 0 aliphatic heterocycles. The first-order valence-corrected chi connectivity index (χ1v) is 9.40. The summed E-state index contributed by atoms with van der Waals surface area (Å²) in [7, 11) is 0. The van der Waals surface area contributed by atoms with Crippen LogP contribution in [0.3, 0.4) is 0 Å². The van der Waals surface area contributed by atoms with Gasteiger partial charge in [-0.3, -0.25) is 14.8 Å². The molecule has 2 heterocycles. The summed E-state index contributed by atoms with van der Waals surface area (Å²) in [6, 6.07) is 16.0. The highest BCUT2D eigenvalue weighted by atomic mass is 19.1. The van der Waals surface area contributed by atoms with Crippen LogP contribution in [0.4, 0.5) is 4.39 Å². The zero-order chi connectivity index (χ0) is 19.1. The van der Waals surface area contributed by atoms with Crippen molar-refractivity contribution in [1.82, 2.24) is 15.3 Å². The van der Waals surface area contributed by atoms with Crippen LogP contribution in [0.1, 0.15) is 40.4 Å². The van der Waals surface area contributed by atoms with Crippen LogP contribution in [0.5, 0.6) is 0 Å². The van der Waals surface area contributed by atoms with Crippen LogP contribution in [0.15, 0.2) is 60.8 Å². The Morgan fingerprint density at radius 3 is 2.75 bits per heavy atom. The number of hydrogen-bond acceptors (Lipinski definition) is 3. The minimum Gasteiger partial charge on any atom is -0.348 e. The van der Waals surface area contributed by atoms with E-state index in [1.807, 2.05) is 36.4 Å². The molecular weight excluding hydrogens is 353 g/mol. The molecule has 0 spiro atoms. The van der Waals surface area contributed by atoms with Gasteiger partial charge in [0.2, 0.25) is 0 Å². The summed E-state index contributed by atoms with van der Waals surface area (Å²) >= 11 is 0. The van der Waals surface area contributed by atoms with E-state index in [0.717, 1.165) is 35.0 Å². The Balaban J connectivity index is 1.49. The van der Waals surface area contributed by atoms with Crippen molar-refractivity contribution in [3.8, 4) is 0 Å². The second-order valence-corrected chi connectivity index (χ2v) is 7.20. The molecule has 4 aromatic rings. The van der Waals surface area contributed by atoms with Gasteiger partial charge in [-0.1, -0.05) is 18.2 Å². The minimum absolute atomic E-state index is 0.221. The van der Waals surface area contributed by atoms with Gasteiger partial charge in [0.15, 0.2) is 0 Å². The quantitative estimate of drug-likeness (QED) is 0.564. The number of nitrogens with one attached hydrogen (secondary N) is 1. The zero-order valence-electron chi connectivity index (χ0n) is 15.2. The largest absolute Gasteiger partial charge is 0.348 e. The van der Waals surface area contributed by atoms with E-state index in [-0.39, 0.29) is 11.7 Å². The van der Waals surface area contributed by atoms with Crippen molar-refractivity contribution in [3.63, 3.8) is 0 Å². The third-order valence-electron chi connectivity index (χ3n) is 5.21. The number of halogens is 1. The second-order valence-electron chi connectivity index (χ2n) is 7.20. The van der Waals surface area contributed by atoms with Gasteiger partial charge >= 0.3 is 0 Å². The van der Waals surface area contributed by atoms with E-state index in [1.54, 1.807) is 12.3 Å². The lowest BCUT2D eigenvalue weighted by molar-refractivity contribution is 0.0952. The number of carbonyl (C=O) groups is 1.